The first-order valence-electron chi connectivity index (χ1n) is 4.42. The number of nitrogens with zero attached hydrogens (tertiary/aromatic N) is 1. The van der Waals surface area contributed by atoms with Crippen LogP contribution >= 0.6 is 0 Å². The van der Waals surface area contributed by atoms with Crippen molar-refractivity contribution >= 4 is 17.8 Å². The lowest BCUT2D eigenvalue weighted by Gasteiger charge is -2.25. The van der Waals surface area contributed by atoms with Crippen LogP contribution in [0, 0.1) is 0 Å². The van der Waals surface area contributed by atoms with Crippen molar-refractivity contribution in [2.45, 2.75) is 19.4 Å². The van der Waals surface area contributed by atoms with Gasteiger partial charge in [-0.05, 0) is 6.42 Å². The summed E-state index contributed by atoms with van der Waals surface area (Å²) < 4.78 is 0. The summed E-state index contributed by atoms with van der Waals surface area (Å²) in [5.74, 6) is -2.51. The normalized spacial score (nSPS) is 12.4. The smallest absolute Gasteiger partial charge is 0.317 e. The van der Waals surface area contributed by atoms with Crippen LogP contribution in [0.1, 0.15) is 13.3 Å². The zero-order valence-corrected chi connectivity index (χ0v) is 8.47. The lowest BCUT2D eigenvalue weighted by molar-refractivity contribution is -0.140. The van der Waals surface area contributed by atoms with E-state index in [0.717, 1.165) is 4.90 Å². The molecule has 86 valence electrons. The predicted molar refractivity (Wildman–Crippen MR) is 51.7 cm³/mol. The zero-order valence-electron chi connectivity index (χ0n) is 8.47. The number of hydrogen-bond acceptors (Lipinski definition) is 4. The summed E-state index contributed by atoms with van der Waals surface area (Å²) in [6.07, 6.45) is 0.329. The molecule has 0 aromatic rings. The topological polar surface area (TPSA) is 127 Å². The Bertz CT molecular complexity index is 251. The SMILES string of the molecule is CCC(C(N)=O)N(CC(N)=O)CC(=O)O. The third-order valence-electron chi connectivity index (χ3n) is 1.85. The quantitative estimate of drug-likeness (QED) is 0.460. The molecular weight excluding hydrogens is 202 g/mol. The summed E-state index contributed by atoms with van der Waals surface area (Å²) in [6.45, 7) is 0.934. The van der Waals surface area contributed by atoms with E-state index in [0.29, 0.717) is 6.42 Å². The molecule has 15 heavy (non-hydrogen) atoms. The van der Waals surface area contributed by atoms with Gasteiger partial charge < -0.3 is 16.6 Å². The molecule has 0 aliphatic carbocycles. The number of primary amides is 2. The highest BCUT2D eigenvalue weighted by atomic mass is 16.4. The third kappa shape index (κ3) is 4.96. The first kappa shape index (κ1) is 13.4. The van der Waals surface area contributed by atoms with Gasteiger partial charge in [0.1, 0.15) is 0 Å². The van der Waals surface area contributed by atoms with Crippen molar-refractivity contribution in [3.05, 3.63) is 0 Å². The Morgan fingerprint density at radius 2 is 1.80 bits per heavy atom. The van der Waals surface area contributed by atoms with Crippen molar-refractivity contribution < 1.29 is 19.5 Å². The molecule has 0 aromatic carbocycles. The number of nitrogens with two attached hydrogens (primary N) is 2. The Balaban J connectivity index is 4.64. The number of amides is 2. The van der Waals surface area contributed by atoms with Gasteiger partial charge in [0.15, 0.2) is 0 Å². The van der Waals surface area contributed by atoms with Crippen LogP contribution in [-0.2, 0) is 14.4 Å². The highest BCUT2D eigenvalue weighted by Gasteiger charge is 2.25. The average Bonchev–Trinajstić information content (AvgIpc) is 2.01. The number of hydrogen-bond donors (Lipinski definition) is 3. The molecule has 0 radical (unpaired) electrons. The molecule has 2 amide bonds. The molecule has 0 fully saturated rings. The third-order valence-corrected chi connectivity index (χ3v) is 1.85. The molecule has 1 unspecified atom stereocenters. The Morgan fingerprint density at radius 3 is 2.07 bits per heavy atom. The molecule has 5 N–H and O–H groups in total. The fourth-order valence-corrected chi connectivity index (χ4v) is 1.29. The maximum Gasteiger partial charge on any atom is 0.317 e. The van der Waals surface area contributed by atoms with E-state index in [-0.39, 0.29) is 6.54 Å². The van der Waals surface area contributed by atoms with E-state index in [9.17, 15) is 14.4 Å². The van der Waals surface area contributed by atoms with Crippen molar-refractivity contribution in [2.75, 3.05) is 13.1 Å². The first-order valence-corrected chi connectivity index (χ1v) is 4.42. The second-order valence-electron chi connectivity index (χ2n) is 3.09. The number of carbonyl (C=O) groups excluding carboxylic acids is 2. The molecule has 0 spiro atoms. The van der Waals surface area contributed by atoms with Gasteiger partial charge >= 0.3 is 5.97 Å². The van der Waals surface area contributed by atoms with E-state index >= 15 is 0 Å². The van der Waals surface area contributed by atoms with Crippen LogP contribution in [0.25, 0.3) is 0 Å². The highest BCUT2D eigenvalue weighted by molar-refractivity contribution is 5.83. The van der Waals surface area contributed by atoms with Crippen LogP contribution in [0.4, 0.5) is 0 Å². The molecule has 0 heterocycles. The summed E-state index contributed by atoms with van der Waals surface area (Å²) in [4.78, 5) is 33.3. The van der Waals surface area contributed by atoms with E-state index in [1.54, 1.807) is 6.92 Å². The van der Waals surface area contributed by atoms with Gasteiger partial charge in [0.2, 0.25) is 11.8 Å². The fraction of sp³-hybridized carbons (Fsp3) is 0.625. The van der Waals surface area contributed by atoms with Crippen LogP contribution in [0.5, 0.6) is 0 Å². The van der Waals surface area contributed by atoms with Crippen LogP contribution < -0.4 is 11.5 Å². The summed E-state index contributed by atoms with van der Waals surface area (Å²) in [5.41, 5.74) is 10.0. The molecular formula is C8H15N3O4. The first-order chi connectivity index (χ1) is 6.88. The van der Waals surface area contributed by atoms with Gasteiger partial charge in [0, 0.05) is 0 Å². The number of carboxylic acid groups (broad SMARTS) is 1. The second kappa shape index (κ2) is 5.97. The summed E-state index contributed by atoms with van der Waals surface area (Å²) in [7, 11) is 0. The van der Waals surface area contributed by atoms with Crippen molar-refractivity contribution in [1.82, 2.24) is 4.90 Å². The maximum absolute atomic E-state index is 11.0. The van der Waals surface area contributed by atoms with Crippen molar-refractivity contribution in [3.8, 4) is 0 Å². The van der Waals surface area contributed by atoms with Crippen LogP contribution in [0.2, 0.25) is 0 Å². The Kier molecular flexibility index (Phi) is 5.32. The average molecular weight is 217 g/mol. The minimum Gasteiger partial charge on any atom is -0.480 e. The molecule has 7 heteroatoms. The predicted octanol–water partition coefficient (Wildman–Crippen LogP) is -1.88. The monoisotopic (exact) mass is 217 g/mol. The molecule has 0 aliphatic heterocycles. The Labute approximate surface area is 87.0 Å². The Hall–Kier alpha value is -1.63. The van der Waals surface area contributed by atoms with Crippen LogP contribution in [0.3, 0.4) is 0 Å². The molecule has 0 aromatic heterocycles. The molecule has 0 saturated carbocycles. The fourth-order valence-electron chi connectivity index (χ4n) is 1.29. The molecule has 0 rings (SSSR count). The van der Waals surface area contributed by atoms with E-state index in [2.05, 4.69) is 0 Å². The molecule has 7 nitrogen and oxygen atoms in total. The molecule has 0 bridgehead atoms. The summed E-state index contributed by atoms with van der Waals surface area (Å²) in [5, 5.41) is 8.58. The van der Waals surface area contributed by atoms with Gasteiger partial charge in [-0.25, -0.2) is 0 Å². The van der Waals surface area contributed by atoms with E-state index < -0.39 is 30.4 Å². The van der Waals surface area contributed by atoms with Gasteiger partial charge in [-0.2, -0.15) is 0 Å². The van der Waals surface area contributed by atoms with Gasteiger partial charge in [-0.3, -0.25) is 19.3 Å². The number of carboxylic acids is 1. The minimum absolute atomic E-state index is 0.298. The van der Waals surface area contributed by atoms with Crippen molar-refractivity contribution in [2.24, 2.45) is 11.5 Å². The number of aliphatic carboxylic acids is 1. The second-order valence-corrected chi connectivity index (χ2v) is 3.09. The molecule has 1 atom stereocenters. The summed E-state index contributed by atoms with van der Waals surface area (Å²) in [6, 6.07) is -0.784. The van der Waals surface area contributed by atoms with Gasteiger partial charge in [-0.15, -0.1) is 0 Å². The molecule has 0 saturated heterocycles. The lowest BCUT2D eigenvalue weighted by atomic mass is 10.1. The van der Waals surface area contributed by atoms with Crippen molar-refractivity contribution in [3.63, 3.8) is 0 Å². The van der Waals surface area contributed by atoms with E-state index in [1.807, 2.05) is 0 Å². The van der Waals surface area contributed by atoms with E-state index in [1.165, 1.54) is 0 Å². The van der Waals surface area contributed by atoms with Gasteiger partial charge in [0.05, 0.1) is 19.1 Å². The zero-order chi connectivity index (χ0) is 12.0. The maximum atomic E-state index is 11.0. The van der Waals surface area contributed by atoms with Gasteiger partial charge in [-0.1, -0.05) is 6.92 Å². The van der Waals surface area contributed by atoms with Crippen LogP contribution in [-0.4, -0.2) is 46.9 Å². The minimum atomic E-state index is -1.14. The van der Waals surface area contributed by atoms with Crippen molar-refractivity contribution in [1.29, 1.82) is 0 Å². The summed E-state index contributed by atoms with van der Waals surface area (Å²) >= 11 is 0. The van der Waals surface area contributed by atoms with E-state index in [4.69, 9.17) is 16.6 Å². The largest absolute Gasteiger partial charge is 0.480 e. The van der Waals surface area contributed by atoms with Crippen LogP contribution in [0.15, 0.2) is 0 Å². The molecule has 0 aliphatic rings. The lowest BCUT2D eigenvalue weighted by Crippen LogP contribution is -2.49. The standard InChI is InChI=1S/C8H15N3O4/c1-2-5(8(10)15)11(3-6(9)12)4-7(13)14/h5H,2-4H2,1H3,(H2,9,12)(H2,10,15)(H,13,14). The number of carbonyl (C=O) groups is 3. The Morgan fingerprint density at radius 1 is 1.27 bits per heavy atom. The highest BCUT2D eigenvalue weighted by Crippen LogP contribution is 2.03. The number of rotatable bonds is 7. The van der Waals surface area contributed by atoms with Gasteiger partial charge in [0.25, 0.3) is 0 Å².